The van der Waals surface area contributed by atoms with Crippen LogP contribution in [0.4, 0.5) is 5.69 Å². The molecule has 0 aliphatic rings. The van der Waals surface area contributed by atoms with Crippen molar-refractivity contribution in [3.05, 3.63) is 57.6 Å². The summed E-state index contributed by atoms with van der Waals surface area (Å²) in [6, 6.07) is 9.56. The molecule has 2 rings (SSSR count). The van der Waals surface area contributed by atoms with Gasteiger partial charge in [0.15, 0.2) is 0 Å². The van der Waals surface area contributed by atoms with Gasteiger partial charge in [0.25, 0.3) is 5.91 Å². The van der Waals surface area contributed by atoms with E-state index in [9.17, 15) is 9.90 Å². The summed E-state index contributed by atoms with van der Waals surface area (Å²) < 4.78 is 0. The number of carbonyl (C=O) groups excluding carboxylic acids is 1. The molecule has 0 spiro atoms. The van der Waals surface area contributed by atoms with E-state index in [0.717, 1.165) is 5.56 Å². The molecule has 0 aliphatic heterocycles. The van der Waals surface area contributed by atoms with Crippen LogP contribution in [0.5, 0.6) is 5.75 Å². The molecule has 19 heavy (non-hydrogen) atoms. The van der Waals surface area contributed by atoms with Crippen LogP contribution < -0.4 is 5.32 Å². The molecule has 5 heteroatoms. The van der Waals surface area contributed by atoms with Crippen molar-refractivity contribution in [2.24, 2.45) is 0 Å². The molecule has 1 amide bonds. The number of halogens is 2. The summed E-state index contributed by atoms with van der Waals surface area (Å²) in [7, 11) is 0. The highest BCUT2D eigenvalue weighted by Crippen LogP contribution is 2.26. The Morgan fingerprint density at radius 1 is 1.16 bits per heavy atom. The van der Waals surface area contributed by atoms with Crippen molar-refractivity contribution >= 4 is 34.8 Å². The number of phenolic OH excluding ortho intramolecular Hbond substituents is 1. The van der Waals surface area contributed by atoms with Crippen molar-refractivity contribution in [1.29, 1.82) is 0 Å². The van der Waals surface area contributed by atoms with Crippen molar-refractivity contribution in [3.63, 3.8) is 0 Å². The number of hydrogen-bond acceptors (Lipinski definition) is 2. The van der Waals surface area contributed by atoms with Gasteiger partial charge >= 0.3 is 0 Å². The molecule has 2 aromatic carbocycles. The number of anilines is 1. The Bertz CT molecular complexity index is 641. The van der Waals surface area contributed by atoms with Gasteiger partial charge in [-0.05, 0) is 42.8 Å². The molecule has 0 aliphatic carbocycles. The summed E-state index contributed by atoms with van der Waals surface area (Å²) in [5, 5.41) is 12.8. The minimum absolute atomic E-state index is 0.0582. The zero-order valence-corrected chi connectivity index (χ0v) is 11.6. The maximum absolute atomic E-state index is 12.0. The van der Waals surface area contributed by atoms with E-state index in [1.165, 1.54) is 18.2 Å². The van der Waals surface area contributed by atoms with E-state index in [-0.39, 0.29) is 16.7 Å². The number of rotatable bonds is 2. The summed E-state index contributed by atoms with van der Waals surface area (Å²) in [5.74, 6) is -0.371. The smallest absolute Gasteiger partial charge is 0.255 e. The number of benzene rings is 2. The van der Waals surface area contributed by atoms with Gasteiger partial charge < -0.3 is 10.4 Å². The van der Waals surface area contributed by atoms with Crippen LogP contribution in [0.1, 0.15) is 15.9 Å². The monoisotopic (exact) mass is 295 g/mol. The lowest BCUT2D eigenvalue weighted by Gasteiger charge is -2.09. The highest BCUT2D eigenvalue weighted by molar-refractivity contribution is 6.32. The second-order valence-corrected chi connectivity index (χ2v) is 4.85. The molecule has 0 unspecified atom stereocenters. The Balaban J connectivity index is 2.26. The maximum atomic E-state index is 12.0. The predicted octanol–water partition coefficient (Wildman–Crippen LogP) is 4.26. The summed E-state index contributed by atoms with van der Waals surface area (Å²) in [4.78, 5) is 12.0. The van der Waals surface area contributed by atoms with Crippen LogP contribution >= 0.6 is 23.2 Å². The van der Waals surface area contributed by atoms with Gasteiger partial charge in [-0.25, -0.2) is 0 Å². The van der Waals surface area contributed by atoms with Gasteiger partial charge in [0.1, 0.15) is 5.75 Å². The highest BCUT2D eigenvalue weighted by atomic mass is 35.5. The van der Waals surface area contributed by atoms with Crippen LogP contribution in [0.25, 0.3) is 0 Å². The zero-order valence-electron chi connectivity index (χ0n) is 10.1. The first-order valence-corrected chi connectivity index (χ1v) is 6.29. The average molecular weight is 296 g/mol. The lowest BCUT2D eigenvalue weighted by atomic mass is 10.1. The van der Waals surface area contributed by atoms with Gasteiger partial charge in [-0.1, -0.05) is 29.3 Å². The molecule has 0 saturated heterocycles. The Labute approximate surface area is 120 Å². The topological polar surface area (TPSA) is 49.3 Å². The van der Waals surface area contributed by atoms with E-state index in [0.29, 0.717) is 16.3 Å². The predicted molar refractivity (Wildman–Crippen MR) is 77.3 cm³/mol. The van der Waals surface area contributed by atoms with E-state index >= 15 is 0 Å². The molecule has 2 aromatic rings. The second-order valence-electron chi connectivity index (χ2n) is 4.03. The molecule has 0 heterocycles. The largest absolute Gasteiger partial charge is 0.506 e. The molecular weight excluding hydrogens is 285 g/mol. The summed E-state index contributed by atoms with van der Waals surface area (Å²) in [5.41, 5.74) is 1.80. The van der Waals surface area contributed by atoms with Crippen LogP contribution in [0.2, 0.25) is 10.0 Å². The molecule has 0 bridgehead atoms. The molecule has 0 atom stereocenters. The summed E-state index contributed by atoms with van der Waals surface area (Å²) in [6.07, 6.45) is 0. The normalized spacial score (nSPS) is 10.3. The van der Waals surface area contributed by atoms with E-state index < -0.39 is 0 Å². The molecule has 0 aromatic heterocycles. The van der Waals surface area contributed by atoms with E-state index in [4.69, 9.17) is 23.2 Å². The Kier molecular flexibility index (Phi) is 3.98. The van der Waals surface area contributed by atoms with Crippen LogP contribution in [0.3, 0.4) is 0 Å². The van der Waals surface area contributed by atoms with Crippen molar-refractivity contribution < 1.29 is 9.90 Å². The van der Waals surface area contributed by atoms with Gasteiger partial charge in [-0.15, -0.1) is 0 Å². The van der Waals surface area contributed by atoms with E-state index in [1.54, 1.807) is 18.2 Å². The van der Waals surface area contributed by atoms with E-state index in [1.807, 2.05) is 6.92 Å². The average Bonchev–Trinajstić information content (AvgIpc) is 2.38. The Morgan fingerprint density at radius 2 is 1.89 bits per heavy atom. The van der Waals surface area contributed by atoms with Crippen molar-refractivity contribution in [2.45, 2.75) is 6.92 Å². The lowest BCUT2D eigenvalue weighted by Crippen LogP contribution is -2.12. The quantitative estimate of drug-likeness (QED) is 0.870. The molecule has 0 saturated carbocycles. The third-order valence-electron chi connectivity index (χ3n) is 2.73. The maximum Gasteiger partial charge on any atom is 0.255 e. The first-order valence-electron chi connectivity index (χ1n) is 5.54. The van der Waals surface area contributed by atoms with Crippen molar-refractivity contribution in [2.75, 3.05) is 5.32 Å². The first-order chi connectivity index (χ1) is 8.99. The van der Waals surface area contributed by atoms with Gasteiger partial charge in [0.2, 0.25) is 0 Å². The number of hydrogen-bond donors (Lipinski definition) is 2. The fourth-order valence-corrected chi connectivity index (χ4v) is 1.94. The van der Waals surface area contributed by atoms with Gasteiger partial charge in [0, 0.05) is 16.3 Å². The summed E-state index contributed by atoms with van der Waals surface area (Å²) in [6.45, 7) is 1.82. The van der Waals surface area contributed by atoms with E-state index in [2.05, 4.69) is 5.32 Å². The molecule has 3 nitrogen and oxygen atoms in total. The van der Waals surface area contributed by atoms with Crippen LogP contribution in [-0.4, -0.2) is 11.0 Å². The minimum Gasteiger partial charge on any atom is -0.506 e. The van der Waals surface area contributed by atoms with Crippen LogP contribution in [0, 0.1) is 6.92 Å². The van der Waals surface area contributed by atoms with Gasteiger partial charge in [0.05, 0.1) is 5.02 Å². The number of amides is 1. The fourth-order valence-electron chi connectivity index (χ4n) is 1.59. The zero-order chi connectivity index (χ0) is 14.0. The molecule has 0 fully saturated rings. The van der Waals surface area contributed by atoms with Gasteiger partial charge in [-0.3, -0.25) is 4.79 Å². The number of nitrogens with one attached hydrogen (secondary N) is 1. The molecular formula is C14H11Cl2NO2. The third kappa shape index (κ3) is 3.00. The summed E-state index contributed by atoms with van der Waals surface area (Å²) >= 11 is 11.8. The number of carbonyl (C=O) groups is 1. The molecule has 98 valence electrons. The SMILES string of the molecule is Cc1c(Cl)cccc1NC(=O)c1ccc(O)c(Cl)c1. The second kappa shape index (κ2) is 5.51. The lowest BCUT2D eigenvalue weighted by molar-refractivity contribution is 0.102. The van der Waals surface area contributed by atoms with Gasteiger partial charge in [-0.2, -0.15) is 0 Å². The Morgan fingerprint density at radius 3 is 2.58 bits per heavy atom. The molecule has 0 radical (unpaired) electrons. The fraction of sp³-hybridized carbons (Fsp3) is 0.0714. The molecule has 2 N–H and O–H groups in total. The van der Waals surface area contributed by atoms with Crippen LogP contribution in [-0.2, 0) is 0 Å². The highest BCUT2D eigenvalue weighted by Gasteiger charge is 2.10. The third-order valence-corrected chi connectivity index (χ3v) is 3.44. The number of phenols is 1. The van der Waals surface area contributed by atoms with Crippen molar-refractivity contribution in [1.82, 2.24) is 0 Å². The van der Waals surface area contributed by atoms with Crippen molar-refractivity contribution in [3.8, 4) is 5.75 Å². The number of aromatic hydroxyl groups is 1. The standard InChI is InChI=1S/C14H11Cl2NO2/c1-8-10(15)3-2-4-12(8)17-14(19)9-5-6-13(18)11(16)7-9/h2-7,18H,1H3,(H,17,19). The Hall–Kier alpha value is -1.71. The minimum atomic E-state index is -0.313. The van der Waals surface area contributed by atoms with Crippen LogP contribution in [0.15, 0.2) is 36.4 Å². The first kappa shape index (κ1) is 13.7.